The summed E-state index contributed by atoms with van der Waals surface area (Å²) < 4.78 is 28.2. The molecule has 1 fully saturated rings. The molecule has 0 bridgehead atoms. The topological polar surface area (TPSA) is 101 Å². The van der Waals surface area contributed by atoms with E-state index in [1.54, 1.807) is 20.8 Å². The van der Waals surface area contributed by atoms with Crippen LogP contribution in [0, 0.1) is 0 Å². The van der Waals surface area contributed by atoms with Crippen molar-refractivity contribution in [3.8, 4) is 0 Å². The summed E-state index contributed by atoms with van der Waals surface area (Å²) in [6.07, 6.45) is -0.780. The molecule has 1 atom stereocenters. The van der Waals surface area contributed by atoms with Crippen molar-refractivity contribution in [2.24, 2.45) is 0 Å². The molecule has 1 saturated heterocycles. The summed E-state index contributed by atoms with van der Waals surface area (Å²) in [5.74, 6) is -2.07. The average molecular weight is 307 g/mol. The van der Waals surface area contributed by atoms with E-state index in [9.17, 15) is 18.0 Å². The van der Waals surface area contributed by atoms with Crippen LogP contribution < -0.4 is 0 Å². The monoisotopic (exact) mass is 307 g/mol. The highest BCUT2D eigenvalue weighted by Gasteiger charge is 2.34. The Kier molecular flexibility index (Phi) is 5.15. The Bertz CT molecular complexity index is 479. The Labute approximate surface area is 118 Å². The number of sulfone groups is 1. The van der Waals surface area contributed by atoms with Gasteiger partial charge >= 0.3 is 5.97 Å². The molecule has 1 rings (SSSR count). The molecule has 0 radical (unpaired) electrons. The average Bonchev–Trinajstić information content (AvgIpc) is 2.26. The molecule has 1 N–H and O–H groups in total. The molecule has 7 nitrogen and oxygen atoms in total. The molecule has 1 amide bonds. The summed E-state index contributed by atoms with van der Waals surface area (Å²) in [6, 6.07) is 0. The van der Waals surface area contributed by atoms with Crippen molar-refractivity contribution in [3.63, 3.8) is 0 Å². The summed E-state index contributed by atoms with van der Waals surface area (Å²) in [7, 11) is -3.54. The minimum Gasteiger partial charge on any atom is -0.481 e. The summed E-state index contributed by atoms with van der Waals surface area (Å²) >= 11 is 0. The van der Waals surface area contributed by atoms with Crippen molar-refractivity contribution in [2.45, 2.75) is 38.0 Å². The molecule has 8 heteroatoms. The van der Waals surface area contributed by atoms with Crippen molar-refractivity contribution < 1.29 is 27.9 Å². The third kappa shape index (κ3) is 4.45. The molecule has 20 heavy (non-hydrogen) atoms. The van der Waals surface area contributed by atoms with Gasteiger partial charge in [-0.25, -0.2) is 8.42 Å². The predicted molar refractivity (Wildman–Crippen MR) is 72.1 cm³/mol. The van der Waals surface area contributed by atoms with E-state index in [4.69, 9.17) is 9.84 Å². The highest BCUT2D eigenvalue weighted by Crippen LogP contribution is 2.17. The summed E-state index contributed by atoms with van der Waals surface area (Å²) in [6.45, 7) is 5.26. The minimum absolute atomic E-state index is 0.116. The zero-order chi connectivity index (χ0) is 15.6. The number of hydrogen-bond acceptors (Lipinski definition) is 5. The standard InChI is InChI=1S/C12H21NO6S/c1-12(2,3)20(17,18)8-10(14)13-4-5-19-9(7-13)6-11(15)16/h9H,4-8H2,1-3H3,(H,15,16). The van der Waals surface area contributed by atoms with Gasteiger partial charge in [0.05, 0.1) is 23.9 Å². The number of ether oxygens (including phenoxy) is 1. The summed E-state index contributed by atoms with van der Waals surface area (Å²) in [5.41, 5.74) is 0. The first-order valence-electron chi connectivity index (χ1n) is 6.36. The van der Waals surface area contributed by atoms with Gasteiger partial charge in [0, 0.05) is 13.1 Å². The van der Waals surface area contributed by atoms with Crippen LogP contribution in [0.2, 0.25) is 0 Å². The number of rotatable bonds is 4. The molecular weight excluding hydrogens is 286 g/mol. The number of carboxylic acids is 1. The number of morpholine rings is 1. The van der Waals surface area contributed by atoms with Crippen LogP contribution in [0.4, 0.5) is 0 Å². The van der Waals surface area contributed by atoms with E-state index < -0.39 is 38.3 Å². The first kappa shape index (κ1) is 16.9. The second kappa shape index (κ2) is 6.09. The fourth-order valence-corrected chi connectivity index (χ4v) is 2.68. The van der Waals surface area contributed by atoms with E-state index in [2.05, 4.69) is 0 Å². The van der Waals surface area contributed by atoms with Crippen LogP contribution in [-0.4, -0.2) is 66.6 Å². The van der Waals surface area contributed by atoms with Crippen LogP contribution in [0.1, 0.15) is 27.2 Å². The van der Waals surface area contributed by atoms with Crippen LogP contribution in [0.15, 0.2) is 0 Å². The molecule has 0 aliphatic carbocycles. The molecule has 0 aromatic heterocycles. The molecule has 1 aliphatic heterocycles. The molecule has 1 aliphatic rings. The lowest BCUT2D eigenvalue weighted by molar-refractivity contribution is -0.146. The van der Waals surface area contributed by atoms with Crippen LogP contribution in [-0.2, 0) is 24.2 Å². The Hall–Kier alpha value is -1.15. The van der Waals surface area contributed by atoms with E-state index >= 15 is 0 Å². The highest BCUT2D eigenvalue weighted by molar-refractivity contribution is 7.93. The van der Waals surface area contributed by atoms with Crippen molar-refractivity contribution in [1.29, 1.82) is 0 Å². The second-order valence-corrected chi connectivity index (χ2v) is 8.54. The van der Waals surface area contributed by atoms with Gasteiger partial charge in [0.2, 0.25) is 5.91 Å². The number of carbonyl (C=O) groups excluding carboxylic acids is 1. The first-order valence-corrected chi connectivity index (χ1v) is 8.01. The SMILES string of the molecule is CC(C)(C)S(=O)(=O)CC(=O)N1CCOC(CC(=O)O)C1. The van der Waals surface area contributed by atoms with Crippen LogP contribution >= 0.6 is 0 Å². The zero-order valence-corrected chi connectivity index (χ0v) is 12.8. The molecular formula is C12H21NO6S. The lowest BCUT2D eigenvalue weighted by Crippen LogP contribution is -2.49. The minimum atomic E-state index is -3.54. The molecule has 0 saturated carbocycles. The van der Waals surface area contributed by atoms with E-state index in [-0.39, 0.29) is 26.1 Å². The van der Waals surface area contributed by atoms with Crippen molar-refractivity contribution >= 4 is 21.7 Å². The van der Waals surface area contributed by atoms with Crippen molar-refractivity contribution in [2.75, 3.05) is 25.4 Å². The highest BCUT2D eigenvalue weighted by atomic mass is 32.2. The van der Waals surface area contributed by atoms with Gasteiger partial charge in [0.25, 0.3) is 0 Å². The maximum Gasteiger partial charge on any atom is 0.306 e. The van der Waals surface area contributed by atoms with Gasteiger partial charge in [0.15, 0.2) is 9.84 Å². The van der Waals surface area contributed by atoms with Crippen molar-refractivity contribution in [1.82, 2.24) is 4.90 Å². The van der Waals surface area contributed by atoms with Crippen LogP contribution in [0.5, 0.6) is 0 Å². The van der Waals surface area contributed by atoms with Gasteiger partial charge in [-0.05, 0) is 20.8 Å². The van der Waals surface area contributed by atoms with Crippen LogP contribution in [0.3, 0.4) is 0 Å². The van der Waals surface area contributed by atoms with E-state index in [0.717, 1.165) is 0 Å². The Morgan fingerprint density at radius 1 is 1.35 bits per heavy atom. The van der Waals surface area contributed by atoms with Gasteiger partial charge in [-0.2, -0.15) is 0 Å². The number of carboxylic acid groups (broad SMARTS) is 1. The van der Waals surface area contributed by atoms with E-state index in [1.807, 2.05) is 0 Å². The lowest BCUT2D eigenvalue weighted by atomic mass is 10.2. The Morgan fingerprint density at radius 2 is 1.95 bits per heavy atom. The zero-order valence-electron chi connectivity index (χ0n) is 12.0. The predicted octanol–water partition coefficient (Wildman–Crippen LogP) is -0.0982. The summed E-state index contributed by atoms with van der Waals surface area (Å²) in [4.78, 5) is 24.0. The van der Waals surface area contributed by atoms with E-state index in [1.165, 1.54) is 4.90 Å². The number of aliphatic carboxylic acids is 1. The molecule has 0 spiro atoms. The quantitative estimate of drug-likeness (QED) is 0.778. The Balaban J connectivity index is 2.66. The largest absolute Gasteiger partial charge is 0.481 e. The fourth-order valence-electron chi connectivity index (χ4n) is 1.73. The third-order valence-corrected chi connectivity index (χ3v) is 5.63. The van der Waals surface area contributed by atoms with Crippen LogP contribution in [0.25, 0.3) is 0 Å². The van der Waals surface area contributed by atoms with Crippen molar-refractivity contribution in [3.05, 3.63) is 0 Å². The van der Waals surface area contributed by atoms with E-state index in [0.29, 0.717) is 0 Å². The van der Waals surface area contributed by atoms with Gasteiger partial charge in [-0.15, -0.1) is 0 Å². The maximum atomic E-state index is 12.0. The third-order valence-electron chi connectivity index (χ3n) is 3.14. The molecule has 116 valence electrons. The second-order valence-electron chi connectivity index (χ2n) is 5.80. The van der Waals surface area contributed by atoms with Gasteiger partial charge in [-0.1, -0.05) is 0 Å². The summed E-state index contributed by atoms with van der Waals surface area (Å²) in [5, 5.41) is 8.70. The number of amides is 1. The number of carbonyl (C=O) groups is 2. The number of nitrogens with zero attached hydrogens (tertiary/aromatic N) is 1. The van der Waals surface area contributed by atoms with Gasteiger partial charge < -0.3 is 14.7 Å². The number of hydrogen-bond donors (Lipinski definition) is 1. The lowest BCUT2D eigenvalue weighted by Gasteiger charge is -2.33. The normalized spacial score (nSPS) is 20.8. The maximum absolute atomic E-state index is 12.0. The first-order chi connectivity index (χ1) is 9.03. The molecule has 0 aromatic carbocycles. The molecule has 0 aromatic rings. The molecule has 1 unspecified atom stereocenters. The Morgan fingerprint density at radius 3 is 2.45 bits per heavy atom. The fraction of sp³-hybridized carbons (Fsp3) is 0.833. The van der Waals surface area contributed by atoms with Gasteiger partial charge in [0.1, 0.15) is 5.75 Å². The smallest absolute Gasteiger partial charge is 0.306 e. The molecule has 1 heterocycles. The van der Waals surface area contributed by atoms with Gasteiger partial charge in [-0.3, -0.25) is 9.59 Å².